The summed E-state index contributed by atoms with van der Waals surface area (Å²) in [5.74, 6) is 0.547. The lowest BCUT2D eigenvalue weighted by Gasteiger charge is -2.23. The molecule has 0 spiro atoms. The van der Waals surface area contributed by atoms with Crippen LogP contribution in [0.3, 0.4) is 0 Å². The quantitative estimate of drug-likeness (QED) is 0.460. The van der Waals surface area contributed by atoms with Crippen molar-refractivity contribution in [1.29, 1.82) is 0 Å². The molecule has 5 heteroatoms. The molecule has 0 bridgehead atoms. The molecule has 29 heavy (non-hydrogen) atoms. The summed E-state index contributed by atoms with van der Waals surface area (Å²) in [4.78, 5) is 15.9. The first-order valence-corrected chi connectivity index (χ1v) is 10.8. The molecule has 0 fully saturated rings. The molecule has 0 aliphatic rings. The Hall–Kier alpha value is -2.50. The van der Waals surface area contributed by atoms with Crippen molar-refractivity contribution in [3.63, 3.8) is 0 Å². The number of hydrogen-bond donors (Lipinski definition) is 0. The smallest absolute Gasteiger partial charge is 0.233 e. The molecule has 4 nitrogen and oxygen atoms in total. The number of aromatic nitrogens is 1. The van der Waals surface area contributed by atoms with Gasteiger partial charge in [-0.3, -0.25) is 4.79 Å². The Labute approximate surface area is 177 Å². The van der Waals surface area contributed by atoms with E-state index < -0.39 is 0 Å². The molecule has 0 saturated carbocycles. The number of ether oxygens (including phenoxy) is 1. The Kier molecular flexibility index (Phi) is 7.96. The number of nitrogens with zero attached hydrogens (tertiary/aromatic N) is 2. The lowest BCUT2D eigenvalue weighted by Crippen LogP contribution is -2.35. The molecule has 3 rings (SSSR count). The number of thioether (sulfide) groups is 1. The molecule has 2 aromatic carbocycles. The highest BCUT2D eigenvalue weighted by Gasteiger charge is 2.16. The topological polar surface area (TPSA) is 34.5 Å². The highest BCUT2D eigenvalue weighted by Crippen LogP contribution is 2.18. The van der Waals surface area contributed by atoms with Crippen LogP contribution in [0, 0.1) is 6.92 Å². The summed E-state index contributed by atoms with van der Waals surface area (Å²) in [6.07, 6.45) is 2.08. The van der Waals surface area contributed by atoms with Gasteiger partial charge in [0, 0.05) is 37.0 Å². The van der Waals surface area contributed by atoms with E-state index in [9.17, 15) is 4.79 Å². The van der Waals surface area contributed by atoms with Crippen LogP contribution in [0.25, 0.3) is 0 Å². The van der Waals surface area contributed by atoms with Crippen LogP contribution >= 0.6 is 11.8 Å². The van der Waals surface area contributed by atoms with Crippen LogP contribution in [0.1, 0.15) is 16.8 Å². The average molecular weight is 409 g/mol. The van der Waals surface area contributed by atoms with E-state index in [0.717, 1.165) is 17.1 Å². The minimum absolute atomic E-state index is 0.124. The van der Waals surface area contributed by atoms with Gasteiger partial charge in [-0.25, -0.2) is 0 Å². The summed E-state index contributed by atoms with van der Waals surface area (Å²) in [7, 11) is 1.67. The SMILES string of the molecule is COCCN(Cc1cccn1Cc1ccc(C)cc1)C(=O)CSc1ccccc1. The van der Waals surface area contributed by atoms with Crippen LogP contribution in [-0.4, -0.2) is 41.4 Å². The first kappa shape index (κ1) is 21.2. The third kappa shape index (κ3) is 6.51. The van der Waals surface area contributed by atoms with Gasteiger partial charge in [-0.2, -0.15) is 0 Å². The van der Waals surface area contributed by atoms with Gasteiger partial charge in [-0.05, 0) is 36.8 Å². The summed E-state index contributed by atoms with van der Waals surface area (Å²) in [5.41, 5.74) is 3.64. The van der Waals surface area contributed by atoms with Crippen LogP contribution in [0.2, 0.25) is 0 Å². The van der Waals surface area contributed by atoms with Gasteiger partial charge >= 0.3 is 0 Å². The summed E-state index contributed by atoms with van der Waals surface area (Å²) in [6.45, 7) is 4.59. The molecule has 0 atom stereocenters. The van der Waals surface area contributed by atoms with Gasteiger partial charge < -0.3 is 14.2 Å². The second-order valence-electron chi connectivity index (χ2n) is 7.02. The zero-order valence-corrected chi connectivity index (χ0v) is 17.9. The molecule has 152 valence electrons. The van der Waals surface area contributed by atoms with Crippen LogP contribution in [0.5, 0.6) is 0 Å². The predicted molar refractivity (Wildman–Crippen MR) is 119 cm³/mol. The summed E-state index contributed by atoms with van der Waals surface area (Å²) in [6, 6.07) is 22.7. The van der Waals surface area contributed by atoms with Gasteiger partial charge in [0.25, 0.3) is 0 Å². The van der Waals surface area contributed by atoms with E-state index >= 15 is 0 Å². The van der Waals surface area contributed by atoms with Crippen LogP contribution < -0.4 is 0 Å². The van der Waals surface area contributed by atoms with Crippen molar-refractivity contribution >= 4 is 17.7 Å². The molecule has 1 heterocycles. The van der Waals surface area contributed by atoms with Gasteiger partial charge in [-0.1, -0.05) is 48.0 Å². The highest BCUT2D eigenvalue weighted by molar-refractivity contribution is 8.00. The average Bonchev–Trinajstić information content (AvgIpc) is 3.18. The Bertz CT molecular complexity index is 891. The molecular weight excluding hydrogens is 380 g/mol. The molecule has 0 aliphatic heterocycles. The van der Waals surface area contributed by atoms with Crippen molar-refractivity contribution in [2.75, 3.05) is 26.0 Å². The van der Waals surface area contributed by atoms with E-state index in [2.05, 4.69) is 48.0 Å². The minimum atomic E-state index is 0.124. The normalized spacial score (nSPS) is 10.8. The fourth-order valence-electron chi connectivity index (χ4n) is 3.08. The largest absolute Gasteiger partial charge is 0.383 e. The third-order valence-corrected chi connectivity index (χ3v) is 5.77. The van der Waals surface area contributed by atoms with E-state index in [4.69, 9.17) is 4.74 Å². The van der Waals surface area contributed by atoms with Crippen molar-refractivity contribution in [1.82, 2.24) is 9.47 Å². The van der Waals surface area contributed by atoms with Crippen molar-refractivity contribution < 1.29 is 9.53 Å². The van der Waals surface area contributed by atoms with Crippen molar-refractivity contribution in [2.24, 2.45) is 0 Å². The van der Waals surface area contributed by atoms with E-state index in [1.54, 1.807) is 18.9 Å². The second kappa shape index (κ2) is 10.9. The molecule has 1 aromatic heterocycles. The number of aryl methyl sites for hydroxylation is 1. The number of rotatable bonds is 10. The molecular formula is C24H28N2O2S. The predicted octanol–water partition coefficient (Wildman–Crippen LogP) is 4.61. The Morgan fingerprint density at radius 2 is 1.79 bits per heavy atom. The number of methoxy groups -OCH3 is 1. The standard InChI is InChI=1S/C24H28N2O2S/c1-20-10-12-21(13-11-20)17-25-14-6-7-22(25)18-26(15-16-28-2)24(27)19-29-23-8-4-3-5-9-23/h3-14H,15-19H2,1-2H3. The molecule has 0 aliphatic carbocycles. The number of benzene rings is 2. The molecule has 3 aromatic rings. The number of hydrogen-bond acceptors (Lipinski definition) is 3. The van der Waals surface area contributed by atoms with Crippen molar-refractivity contribution in [3.05, 3.63) is 89.7 Å². The first-order chi connectivity index (χ1) is 14.2. The van der Waals surface area contributed by atoms with E-state index in [-0.39, 0.29) is 5.91 Å². The maximum atomic E-state index is 12.9. The maximum absolute atomic E-state index is 12.9. The summed E-state index contributed by atoms with van der Waals surface area (Å²) < 4.78 is 7.44. The van der Waals surface area contributed by atoms with Gasteiger partial charge in [0.15, 0.2) is 0 Å². The van der Waals surface area contributed by atoms with Crippen LogP contribution in [-0.2, 0) is 22.6 Å². The van der Waals surface area contributed by atoms with Crippen LogP contribution in [0.4, 0.5) is 0 Å². The molecule has 0 saturated heterocycles. The Balaban J connectivity index is 1.66. The molecule has 0 radical (unpaired) electrons. The number of carbonyl (C=O) groups excluding carboxylic acids is 1. The molecule has 0 N–H and O–H groups in total. The van der Waals surface area contributed by atoms with E-state index in [1.165, 1.54) is 11.1 Å². The second-order valence-corrected chi connectivity index (χ2v) is 8.07. The fourth-order valence-corrected chi connectivity index (χ4v) is 3.90. The molecule has 0 unspecified atom stereocenters. The molecule has 1 amide bonds. The summed E-state index contributed by atoms with van der Waals surface area (Å²) in [5, 5.41) is 0. The van der Waals surface area contributed by atoms with E-state index in [1.807, 2.05) is 41.3 Å². The highest BCUT2D eigenvalue weighted by atomic mass is 32.2. The van der Waals surface area contributed by atoms with Crippen molar-refractivity contribution in [3.8, 4) is 0 Å². The zero-order chi connectivity index (χ0) is 20.5. The van der Waals surface area contributed by atoms with Crippen molar-refractivity contribution in [2.45, 2.75) is 24.9 Å². The van der Waals surface area contributed by atoms with Gasteiger partial charge in [0.1, 0.15) is 0 Å². The lowest BCUT2D eigenvalue weighted by molar-refractivity contribution is -0.129. The van der Waals surface area contributed by atoms with Crippen LogP contribution in [0.15, 0.2) is 77.8 Å². The Morgan fingerprint density at radius 3 is 2.52 bits per heavy atom. The maximum Gasteiger partial charge on any atom is 0.233 e. The van der Waals surface area contributed by atoms with Gasteiger partial charge in [0.2, 0.25) is 5.91 Å². The zero-order valence-electron chi connectivity index (χ0n) is 17.1. The summed E-state index contributed by atoms with van der Waals surface area (Å²) >= 11 is 1.57. The third-order valence-electron chi connectivity index (χ3n) is 4.77. The fraction of sp³-hybridized carbons (Fsp3) is 0.292. The number of carbonyl (C=O) groups is 1. The first-order valence-electron chi connectivity index (χ1n) is 9.80. The monoisotopic (exact) mass is 408 g/mol. The Morgan fingerprint density at radius 1 is 1.03 bits per heavy atom. The lowest BCUT2D eigenvalue weighted by atomic mass is 10.1. The van der Waals surface area contributed by atoms with Gasteiger partial charge in [0.05, 0.1) is 18.9 Å². The van der Waals surface area contributed by atoms with Gasteiger partial charge in [-0.15, -0.1) is 11.8 Å². The minimum Gasteiger partial charge on any atom is -0.383 e. The van der Waals surface area contributed by atoms with E-state index in [0.29, 0.717) is 25.4 Å². The number of amides is 1.